The van der Waals surface area contributed by atoms with E-state index in [1.807, 2.05) is 0 Å². The molecule has 0 unspecified atom stereocenters. The Morgan fingerprint density at radius 1 is 1.61 bits per heavy atom. The van der Waals surface area contributed by atoms with E-state index in [1.54, 1.807) is 30.2 Å². The summed E-state index contributed by atoms with van der Waals surface area (Å²) in [4.78, 5) is 12.0. The van der Waals surface area contributed by atoms with Crippen molar-refractivity contribution in [2.75, 3.05) is 0 Å². The number of oxime groups is 1. The highest BCUT2D eigenvalue weighted by atomic mass is 16.4. The van der Waals surface area contributed by atoms with Gasteiger partial charge in [0.05, 0.1) is 12.1 Å². The highest BCUT2D eigenvalue weighted by molar-refractivity contribution is 5.96. The van der Waals surface area contributed by atoms with Gasteiger partial charge in [-0.3, -0.25) is 9.48 Å². The third-order valence-corrected chi connectivity index (χ3v) is 2.39. The molecule has 8 nitrogen and oxygen atoms in total. The van der Waals surface area contributed by atoms with Crippen molar-refractivity contribution in [2.45, 2.75) is 6.54 Å². The number of amidine groups is 1. The molecule has 0 aliphatic heterocycles. The fraction of sp³-hybridized carbons (Fsp3) is 0.200. The van der Waals surface area contributed by atoms with Gasteiger partial charge in [-0.2, -0.15) is 0 Å². The molecule has 0 bridgehead atoms. The van der Waals surface area contributed by atoms with E-state index in [2.05, 4.69) is 15.5 Å². The van der Waals surface area contributed by atoms with Gasteiger partial charge in [-0.05, 0) is 12.1 Å². The van der Waals surface area contributed by atoms with Crippen LogP contribution in [0.4, 0.5) is 0 Å². The Hall–Kier alpha value is -2.64. The fourth-order valence-electron chi connectivity index (χ4n) is 1.55. The van der Waals surface area contributed by atoms with Crippen LogP contribution in [-0.2, 0) is 13.6 Å². The Bertz CT molecular complexity index is 642. The minimum Gasteiger partial charge on any atom is -0.409 e. The zero-order chi connectivity index (χ0) is 13.1. The molecular weight excluding hydrogens is 236 g/mol. The smallest absolute Gasteiger partial charge is 0.262 e. The Balaban J connectivity index is 2.38. The van der Waals surface area contributed by atoms with E-state index in [-0.39, 0.29) is 23.5 Å². The number of aryl methyl sites for hydroxylation is 1. The van der Waals surface area contributed by atoms with Gasteiger partial charge in [0.2, 0.25) is 0 Å². The molecule has 0 atom stereocenters. The average Bonchev–Trinajstić information content (AvgIpc) is 2.76. The van der Waals surface area contributed by atoms with E-state index in [9.17, 15) is 4.79 Å². The van der Waals surface area contributed by atoms with Crippen LogP contribution < -0.4 is 11.3 Å². The van der Waals surface area contributed by atoms with E-state index in [1.165, 1.54) is 10.6 Å². The number of pyridine rings is 1. The number of rotatable bonds is 3. The first-order valence-corrected chi connectivity index (χ1v) is 5.14. The average molecular weight is 248 g/mol. The lowest BCUT2D eigenvalue weighted by atomic mass is 10.2. The largest absolute Gasteiger partial charge is 0.409 e. The lowest BCUT2D eigenvalue weighted by Gasteiger charge is -2.04. The molecule has 0 aliphatic carbocycles. The van der Waals surface area contributed by atoms with E-state index in [0.29, 0.717) is 5.69 Å². The Morgan fingerprint density at radius 3 is 3.00 bits per heavy atom. The minimum atomic E-state index is -0.349. The summed E-state index contributed by atoms with van der Waals surface area (Å²) in [5.74, 6) is -0.214. The van der Waals surface area contributed by atoms with Crippen LogP contribution in [0.25, 0.3) is 0 Å². The third kappa shape index (κ3) is 2.21. The molecule has 94 valence electrons. The molecular formula is C10H12N6O2. The zero-order valence-electron chi connectivity index (χ0n) is 9.69. The number of aromatic nitrogens is 4. The van der Waals surface area contributed by atoms with Crippen LogP contribution >= 0.6 is 0 Å². The van der Waals surface area contributed by atoms with Crippen LogP contribution in [-0.4, -0.2) is 30.6 Å². The van der Waals surface area contributed by atoms with Crippen LogP contribution in [0, 0.1) is 0 Å². The molecule has 0 radical (unpaired) electrons. The summed E-state index contributed by atoms with van der Waals surface area (Å²) in [6, 6.07) is 3.13. The maximum Gasteiger partial charge on any atom is 0.262 e. The maximum atomic E-state index is 12.0. The van der Waals surface area contributed by atoms with Crippen LogP contribution in [0.3, 0.4) is 0 Å². The summed E-state index contributed by atoms with van der Waals surface area (Å²) in [5, 5.41) is 19.1. The molecule has 2 aromatic rings. The van der Waals surface area contributed by atoms with E-state index >= 15 is 0 Å². The van der Waals surface area contributed by atoms with Crippen LogP contribution in [0.15, 0.2) is 34.5 Å². The first kappa shape index (κ1) is 11.8. The minimum absolute atomic E-state index is 0.142. The van der Waals surface area contributed by atoms with Gasteiger partial charge >= 0.3 is 0 Å². The number of hydrogen-bond acceptors (Lipinski definition) is 5. The van der Waals surface area contributed by atoms with Gasteiger partial charge < -0.3 is 15.5 Å². The number of hydrogen-bond donors (Lipinski definition) is 2. The fourth-order valence-corrected chi connectivity index (χ4v) is 1.55. The van der Waals surface area contributed by atoms with E-state index < -0.39 is 0 Å². The van der Waals surface area contributed by atoms with Gasteiger partial charge in [0.15, 0.2) is 5.84 Å². The summed E-state index contributed by atoms with van der Waals surface area (Å²) >= 11 is 0. The van der Waals surface area contributed by atoms with Gasteiger partial charge in [-0.1, -0.05) is 10.4 Å². The van der Waals surface area contributed by atoms with Crippen LogP contribution in [0.1, 0.15) is 11.3 Å². The van der Waals surface area contributed by atoms with Crippen LogP contribution in [0.5, 0.6) is 0 Å². The van der Waals surface area contributed by atoms with Gasteiger partial charge in [0.1, 0.15) is 5.69 Å². The standard InChI is InChI=1S/C10H12N6O2/c1-15-5-7(12-14-15)6-16-4-2-3-8(10(16)17)9(11)13-18/h2-5,18H,6H2,1H3,(H2,11,13). The lowest BCUT2D eigenvalue weighted by Crippen LogP contribution is -2.30. The lowest BCUT2D eigenvalue weighted by molar-refractivity contribution is 0.318. The molecule has 2 heterocycles. The quantitative estimate of drug-likeness (QED) is 0.317. The molecule has 0 amide bonds. The molecule has 0 spiro atoms. The molecule has 0 fully saturated rings. The number of nitrogens with two attached hydrogens (primary N) is 1. The van der Waals surface area contributed by atoms with Crippen molar-refractivity contribution in [2.24, 2.45) is 17.9 Å². The van der Waals surface area contributed by atoms with Gasteiger partial charge in [-0.15, -0.1) is 5.10 Å². The van der Waals surface area contributed by atoms with Crippen LogP contribution in [0.2, 0.25) is 0 Å². The Kier molecular flexibility index (Phi) is 3.09. The molecule has 0 aromatic carbocycles. The molecule has 8 heteroatoms. The van der Waals surface area contributed by atoms with Crippen molar-refractivity contribution >= 4 is 5.84 Å². The molecule has 0 saturated heterocycles. The summed E-state index contributed by atoms with van der Waals surface area (Å²) < 4.78 is 2.96. The summed E-state index contributed by atoms with van der Waals surface area (Å²) in [5.41, 5.74) is 5.86. The molecule has 0 saturated carbocycles. The van der Waals surface area contributed by atoms with Gasteiger partial charge in [-0.25, -0.2) is 0 Å². The topological polar surface area (TPSA) is 111 Å². The Labute approximate surface area is 102 Å². The molecule has 18 heavy (non-hydrogen) atoms. The molecule has 0 aliphatic rings. The molecule has 3 N–H and O–H groups in total. The van der Waals surface area contributed by atoms with Crippen molar-refractivity contribution < 1.29 is 5.21 Å². The van der Waals surface area contributed by atoms with Crippen molar-refractivity contribution in [1.82, 2.24) is 19.6 Å². The summed E-state index contributed by atoms with van der Waals surface area (Å²) in [6.45, 7) is 0.277. The Morgan fingerprint density at radius 2 is 2.39 bits per heavy atom. The van der Waals surface area contributed by atoms with E-state index in [0.717, 1.165) is 0 Å². The first-order valence-electron chi connectivity index (χ1n) is 5.14. The van der Waals surface area contributed by atoms with Gasteiger partial charge in [0, 0.05) is 19.4 Å². The van der Waals surface area contributed by atoms with Crippen molar-refractivity contribution in [3.63, 3.8) is 0 Å². The second kappa shape index (κ2) is 4.70. The predicted octanol–water partition coefficient (Wildman–Crippen LogP) is -0.880. The maximum absolute atomic E-state index is 12.0. The number of nitrogens with zero attached hydrogens (tertiary/aromatic N) is 5. The second-order valence-corrected chi connectivity index (χ2v) is 3.72. The van der Waals surface area contributed by atoms with E-state index in [4.69, 9.17) is 10.9 Å². The molecule has 2 aromatic heterocycles. The van der Waals surface area contributed by atoms with Crippen molar-refractivity contribution in [3.8, 4) is 0 Å². The summed E-state index contributed by atoms with van der Waals surface area (Å²) in [6.07, 6.45) is 3.31. The second-order valence-electron chi connectivity index (χ2n) is 3.72. The molecule has 2 rings (SSSR count). The first-order chi connectivity index (χ1) is 8.61. The summed E-state index contributed by atoms with van der Waals surface area (Å²) in [7, 11) is 1.74. The van der Waals surface area contributed by atoms with Crippen molar-refractivity contribution in [1.29, 1.82) is 0 Å². The normalized spacial score (nSPS) is 11.7. The predicted molar refractivity (Wildman–Crippen MR) is 63.3 cm³/mol. The van der Waals surface area contributed by atoms with Crippen molar-refractivity contribution in [3.05, 3.63) is 46.1 Å². The highest BCUT2D eigenvalue weighted by Crippen LogP contribution is 1.97. The third-order valence-electron chi connectivity index (χ3n) is 2.39. The monoisotopic (exact) mass is 248 g/mol. The zero-order valence-corrected chi connectivity index (χ0v) is 9.69. The SMILES string of the molecule is Cn1cc(Cn2cccc(/C(N)=N/O)c2=O)nn1. The van der Waals surface area contributed by atoms with Gasteiger partial charge in [0.25, 0.3) is 5.56 Å². The highest BCUT2D eigenvalue weighted by Gasteiger charge is 2.08.